The van der Waals surface area contributed by atoms with Gasteiger partial charge in [0.2, 0.25) is 5.91 Å². The number of likely N-dealkylation sites (tertiary alicyclic amines) is 1. The Morgan fingerprint density at radius 3 is 2.52 bits per heavy atom. The molecule has 23 heavy (non-hydrogen) atoms. The van der Waals surface area contributed by atoms with E-state index in [1.165, 1.54) is 0 Å². The van der Waals surface area contributed by atoms with Gasteiger partial charge in [-0.2, -0.15) is 0 Å². The fourth-order valence-electron chi connectivity index (χ4n) is 3.94. The van der Waals surface area contributed by atoms with E-state index in [0.717, 1.165) is 43.2 Å². The van der Waals surface area contributed by atoms with Crippen LogP contribution in [-0.2, 0) is 4.79 Å². The van der Waals surface area contributed by atoms with E-state index in [-0.39, 0.29) is 30.4 Å². The molecule has 3 aliphatic rings. The van der Waals surface area contributed by atoms with Crippen molar-refractivity contribution >= 4 is 29.9 Å². The van der Waals surface area contributed by atoms with Gasteiger partial charge >= 0.3 is 0 Å². The Morgan fingerprint density at radius 1 is 1.13 bits per heavy atom. The van der Waals surface area contributed by atoms with Crippen LogP contribution in [0.1, 0.15) is 18.0 Å². The predicted molar refractivity (Wildman–Crippen MR) is 92.5 cm³/mol. The first-order valence-electron chi connectivity index (χ1n) is 7.97. The van der Waals surface area contributed by atoms with Gasteiger partial charge in [-0.15, -0.1) is 12.4 Å². The first kappa shape index (κ1) is 17.0. The van der Waals surface area contributed by atoms with E-state index >= 15 is 0 Å². The molecule has 0 bridgehead atoms. The van der Waals surface area contributed by atoms with Gasteiger partial charge in [-0.25, -0.2) is 10.9 Å². The Balaban J connectivity index is 0.00000156. The standard InChI is InChI=1S/C16H21ClN4O.ClH/c17-13-4-2-1-3-12(13)14-5-15(20-19-14)16(22)21-8-10-6-18-7-11(10)9-21;/h1-4,10-11,14-15,18-20H,5-9H2;1H/t10-,11+,14?,15?;. The van der Waals surface area contributed by atoms with Crippen molar-refractivity contribution in [3.63, 3.8) is 0 Å². The molecule has 3 aliphatic heterocycles. The number of nitrogens with one attached hydrogen (secondary N) is 3. The van der Waals surface area contributed by atoms with Crippen LogP contribution in [0.15, 0.2) is 24.3 Å². The van der Waals surface area contributed by atoms with Crippen LogP contribution in [0.2, 0.25) is 5.02 Å². The summed E-state index contributed by atoms with van der Waals surface area (Å²) in [5.41, 5.74) is 7.43. The summed E-state index contributed by atoms with van der Waals surface area (Å²) >= 11 is 6.25. The van der Waals surface area contributed by atoms with Crippen molar-refractivity contribution in [3.8, 4) is 0 Å². The average Bonchev–Trinajstić information content (AvgIpc) is 3.22. The average molecular weight is 357 g/mol. The van der Waals surface area contributed by atoms with Crippen molar-refractivity contribution in [2.75, 3.05) is 26.2 Å². The molecule has 1 amide bonds. The zero-order valence-electron chi connectivity index (χ0n) is 12.8. The monoisotopic (exact) mass is 356 g/mol. The van der Waals surface area contributed by atoms with E-state index < -0.39 is 0 Å². The highest BCUT2D eigenvalue weighted by atomic mass is 35.5. The molecule has 3 heterocycles. The van der Waals surface area contributed by atoms with Crippen molar-refractivity contribution in [2.45, 2.75) is 18.5 Å². The summed E-state index contributed by atoms with van der Waals surface area (Å²) in [7, 11) is 0. The first-order valence-corrected chi connectivity index (χ1v) is 8.35. The molecule has 2 unspecified atom stereocenters. The summed E-state index contributed by atoms with van der Waals surface area (Å²) in [6, 6.07) is 7.74. The fourth-order valence-corrected chi connectivity index (χ4v) is 4.20. The normalized spacial score (nSPS) is 32.7. The van der Waals surface area contributed by atoms with E-state index in [2.05, 4.69) is 16.2 Å². The van der Waals surface area contributed by atoms with Gasteiger partial charge in [-0.1, -0.05) is 29.8 Å². The molecule has 3 N–H and O–H groups in total. The largest absolute Gasteiger partial charge is 0.341 e. The summed E-state index contributed by atoms with van der Waals surface area (Å²) in [6.45, 7) is 3.89. The molecule has 4 atom stereocenters. The second-order valence-corrected chi connectivity index (χ2v) is 6.98. The van der Waals surface area contributed by atoms with Crippen LogP contribution in [0.5, 0.6) is 0 Å². The molecular formula is C16H22Cl2N4O. The Morgan fingerprint density at radius 2 is 1.83 bits per heavy atom. The van der Waals surface area contributed by atoms with Crippen molar-refractivity contribution in [2.24, 2.45) is 11.8 Å². The minimum atomic E-state index is -0.159. The van der Waals surface area contributed by atoms with Crippen LogP contribution >= 0.6 is 24.0 Å². The van der Waals surface area contributed by atoms with Gasteiger partial charge in [0.1, 0.15) is 6.04 Å². The van der Waals surface area contributed by atoms with Gasteiger partial charge in [0.25, 0.3) is 0 Å². The smallest absolute Gasteiger partial charge is 0.241 e. The summed E-state index contributed by atoms with van der Waals surface area (Å²) in [5, 5.41) is 4.15. The molecule has 5 nitrogen and oxygen atoms in total. The maximum Gasteiger partial charge on any atom is 0.241 e. The van der Waals surface area contributed by atoms with Crippen LogP contribution in [0.4, 0.5) is 0 Å². The number of hydrogen-bond acceptors (Lipinski definition) is 4. The molecule has 0 spiro atoms. The van der Waals surface area contributed by atoms with Gasteiger partial charge in [0, 0.05) is 37.2 Å². The summed E-state index contributed by atoms with van der Waals surface area (Å²) in [6.07, 6.45) is 0.743. The minimum Gasteiger partial charge on any atom is -0.341 e. The zero-order valence-corrected chi connectivity index (χ0v) is 14.4. The first-order chi connectivity index (χ1) is 10.7. The zero-order chi connectivity index (χ0) is 15.1. The highest BCUT2D eigenvalue weighted by Gasteiger charge is 2.41. The Kier molecular flexibility index (Phi) is 5.13. The van der Waals surface area contributed by atoms with Crippen LogP contribution in [-0.4, -0.2) is 43.0 Å². The number of halogens is 2. The van der Waals surface area contributed by atoms with Gasteiger partial charge in [-0.3, -0.25) is 4.79 Å². The van der Waals surface area contributed by atoms with E-state index in [4.69, 9.17) is 11.6 Å². The lowest BCUT2D eigenvalue weighted by Crippen LogP contribution is -2.45. The van der Waals surface area contributed by atoms with Crippen molar-refractivity contribution in [1.82, 2.24) is 21.1 Å². The molecule has 4 rings (SSSR count). The number of amides is 1. The summed E-state index contributed by atoms with van der Waals surface area (Å²) < 4.78 is 0. The lowest BCUT2D eigenvalue weighted by atomic mass is 10.0. The topological polar surface area (TPSA) is 56.4 Å². The molecule has 0 aromatic heterocycles. The molecule has 1 aromatic carbocycles. The van der Waals surface area contributed by atoms with Gasteiger partial charge in [0.15, 0.2) is 0 Å². The molecule has 0 aliphatic carbocycles. The number of hydrazine groups is 1. The number of rotatable bonds is 2. The fraction of sp³-hybridized carbons (Fsp3) is 0.562. The van der Waals surface area contributed by atoms with Gasteiger partial charge < -0.3 is 10.2 Å². The SMILES string of the molecule is Cl.O=C(C1CC(c2ccccc2Cl)NN1)N1C[C@H]2CNC[C@H]2C1. The van der Waals surface area contributed by atoms with Crippen LogP contribution in [0.3, 0.4) is 0 Å². The second kappa shape index (κ2) is 6.95. The number of carbonyl (C=O) groups excluding carboxylic acids is 1. The predicted octanol–water partition coefficient (Wildman–Crippen LogP) is 1.35. The highest BCUT2D eigenvalue weighted by Crippen LogP contribution is 2.31. The summed E-state index contributed by atoms with van der Waals surface area (Å²) in [4.78, 5) is 14.7. The van der Waals surface area contributed by atoms with Crippen molar-refractivity contribution in [3.05, 3.63) is 34.9 Å². The van der Waals surface area contributed by atoms with Crippen molar-refractivity contribution < 1.29 is 4.79 Å². The van der Waals surface area contributed by atoms with E-state index in [1.807, 2.05) is 29.2 Å². The Labute approximate surface area is 147 Å². The van der Waals surface area contributed by atoms with Gasteiger partial charge in [0.05, 0.1) is 0 Å². The molecule has 1 aromatic rings. The molecule has 0 radical (unpaired) electrons. The lowest BCUT2D eigenvalue weighted by Gasteiger charge is -2.21. The van der Waals surface area contributed by atoms with Crippen LogP contribution in [0, 0.1) is 11.8 Å². The molecule has 3 saturated heterocycles. The molecule has 126 valence electrons. The molecule has 7 heteroatoms. The summed E-state index contributed by atoms with van der Waals surface area (Å²) in [5.74, 6) is 1.49. The van der Waals surface area contributed by atoms with E-state index in [1.54, 1.807) is 0 Å². The number of nitrogens with zero attached hydrogens (tertiary/aromatic N) is 1. The van der Waals surface area contributed by atoms with Crippen LogP contribution in [0.25, 0.3) is 0 Å². The number of benzene rings is 1. The molecule has 0 saturated carbocycles. The maximum atomic E-state index is 12.7. The van der Waals surface area contributed by atoms with E-state index in [9.17, 15) is 4.79 Å². The second-order valence-electron chi connectivity index (χ2n) is 6.57. The quantitative estimate of drug-likeness (QED) is 0.748. The molecular weight excluding hydrogens is 335 g/mol. The third-order valence-corrected chi connectivity index (χ3v) is 5.53. The Hall–Kier alpha value is -0.850. The number of fused-ring (bicyclic) bond motifs is 1. The van der Waals surface area contributed by atoms with Crippen LogP contribution < -0.4 is 16.2 Å². The van der Waals surface area contributed by atoms with E-state index in [0.29, 0.717) is 11.8 Å². The highest BCUT2D eigenvalue weighted by molar-refractivity contribution is 6.31. The maximum absolute atomic E-state index is 12.7. The third-order valence-electron chi connectivity index (χ3n) is 5.18. The Bertz CT molecular complexity index is 573. The molecule has 3 fully saturated rings. The number of carbonyl (C=O) groups is 1. The lowest BCUT2D eigenvalue weighted by molar-refractivity contribution is -0.132. The van der Waals surface area contributed by atoms with Gasteiger partial charge in [-0.05, 0) is 29.9 Å². The minimum absolute atomic E-state index is 0. The third kappa shape index (κ3) is 3.21. The number of hydrogen-bond donors (Lipinski definition) is 3. The van der Waals surface area contributed by atoms with Crippen molar-refractivity contribution in [1.29, 1.82) is 0 Å².